The van der Waals surface area contributed by atoms with Gasteiger partial charge in [0.25, 0.3) is 0 Å². The minimum absolute atomic E-state index is 0.178. The van der Waals surface area contributed by atoms with Gasteiger partial charge in [-0.05, 0) is 26.0 Å². The Kier molecular flexibility index (Phi) is 4.76. The third-order valence-electron chi connectivity index (χ3n) is 5.23. The summed E-state index contributed by atoms with van der Waals surface area (Å²) in [6.45, 7) is 3.93. The molecule has 2 bridgehead atoms. The molecule has 2 aliphatic rings. The van der Waals surface area contributed by atoms with Crippen LogP contribution in [0.2, 0.25) is 0 Å². The highest BCUT2D eigenvalue weighted by Crippen LogP contribution is 2.53. The van der Waals surface area contributed by atoms with Crippen molar-refractivity contribution in [2.75, 3.05) is 19.5 Å². The number of allylic oxidation sites excluding steroid dienone is 4. The van der Waals surface area contributed by atoms with Crippen LogP contribution in [0.25, 0.3) is 0 Å². The molecule has 0 radical (unpaired) electrons. The van der Waals surface area contributed by atoms with Gasteiger partial charge in [0, 0.05) is 17.9 Å². The van der Waals surface area contributed by atoms with Gasteiger partial charge in [0.05, 0.1) is 31.7 Å². The third-order valence-corrected chi connectivity index (χ3v) is 5.23. The maximum Gasteiger partial charge on any atom is 0.308 e. The summed E-state index contributed by atoms with van der Waals surface area (Å²) in [5, 5.41) is 12.6. The Bertz CT molecular complexity index is 806. The number of hydrogen-bond acceptors (Lipinski definition) is 4. The molecule has 0 aromatic heterocycles. The number of aliphatic carboxylic acids is 1. The molecule has 26 heavy (non-hydrogen) atoms. The summed E-state index contributed by atoms with van der Waals surface area (Å²) in [7, 11) is 3.05. The van der Waals surface area contributed by atoms with Crippen molar-refractivity contribution in [2.24, 2.45) is 23.7 Å². The van der Waals surface area contributed by atoms with Crippen molar-refractivity contribution < 1.29 is 24.2 Å². The first-order chi connectivity index (χ1) is 12.4. The van der Waals surface area contributed by atoms with Crippen LogP contribution in [0.4, 0.5) is 5.69 Å². The number of amides is 1. The molecule has 1 saturated carbocycles. The second kappa shape index (κ2) is 6.86. The van der Waals surface area contributed by atoms with Crippen LogP contribution in [-0.2, 0) is 9.59 Å². The first-order valence-corrected chi connectivity index (χ1v) is 8.50. The maximum atomic E-state index is 13.0. The van der Waals surface area contributed by atoms with Crippen LogP contribution in [0.1, 0.15) is 13.8 Å². The van der Waals surface area contributed by atoms with E-state index in [0.717, 1.165) is 11.1 Å². The zero-order chi connectivity index (χ0) is 19.0. The van der Waals surface area contributed by atoms with Crippen molar-refractivity contribution in [2.45, 2.75) is 13.8 Å². The van der Waals surface area contributed by atoms with Gasteiger partial charge in [-0.1, -0.05) is 23.3 Å². The fraction of sp³-hybridized carbons (Fsp3) is 0.400. The molecule has 3 rings (SSSR count). The average Bonchev–Trinajstić information content (AvgIpc) is 3.17. The number of nitrogens with one attached hydrogen (secondary N) is 1. The molecule has 1 fully saturated rings. The standard InChI is InChI=1S/C20H23NO5/c1-10(2)16-12-6-7-13(16)18(20(23)24)17(12)19(22)21-14-9-11(25-3)5-8-15(14)26-4/h5-9,12-13,17-18H,1-4H3,(H,21,22)(H,23,24). The van der Waals surface area contributed by atoms with Gasteiger partial charge in [0.1, 0.15) is 11.5 Å². The fourth-order valence-corrected chi connectivity index (χ4v) is 4.17. The van der Waals surface area contributed by atoms with E-state index in [2.05, 4.69) is 5.32 Å². The number of methoxy groups -OCH3 is 2. The van der Waals surface area contributed by atoms with Gasteiger partial charge in [-0.15, -0.1) is 0 Å². The van der Waals surface area contributed by atoms with Crippen LogP contribution in [0.3, 0.4) is 0 Å². The average molecular weight is 357 g/mol. The third kappa shape index (κ3) is 2.85. The Hall–Kier alpha value is -2.76. The van der Waals surface area contributed by atoms with Crippen LogP contribution in [0.5, 0.6) is 11.5 Å². The van der Waals surface area contributed by atoms with E-state index in [9.17, 15) is 14.7 Å². The van der Waals surface area contributed by atoms with Gasteiger partial charge in [-0.3, -0.25) is 9.59 Å². The topological polar surface area (TPSA) is 84.9 Å². The number of carboxylic acids is 1. The van der Waals surface area contributed by atoms with E-state index in [-0.39, 0.29) is 17.7 Å². The second-order valence-electron chi connectivity index (χ2n) is 6.84. The van der Waals surface area contributed by atoms with E-state index in [0.29, 0.717) is 17.2 Å². The Balaban J connectivity index is 1.94. The molecule has 0 aliphatic heterocycles. The first kappa shape index (κ1) is 18.0. The molecule has 138 valence electrons. The summed E-state index contributed by atoms with van der Waals surface area (Å²) in [5.41, 5.74) is 2.59. The lowest BCUT2D eigenvalue weighted by molar-refractivity contribution is -0.146. The molecule has 1 amide bonds. The van der Waals surface area contributed by atoms with Crippen LogP contribution in [0.15, 0.2) is 41.5 Å². The molecular weight excluding hydrogens is 334 g/mol. The number of carbonyl (C=O) groups excluding carboxylic acids is 1. The number of carboxylic acid groups (broad SMARTS) is 1. The molecule has 6 nitrogen and oxygen atoms in total. The lowest BCUT2D eigenvalue weighted by Crippen LogP contribution is -2.36. The molecule has 0 heterocycles. The van der Waals surface area contributed by atoms with Crippen molar-refractivity contribution in [3.8, 4) is 11.5 Å². The molecular formula is C20H23NO5. The Morgan fingerprint density at radius 3 is 2.23 bits per heavy atom. The molecule has 2 aliphatic carbocycles. The molecule has 4 unspecified atom stereocenters. The number of carbonyl (C=O) groups is 2. The van der Waals surface area contributed by atoms with Crippen molar-refractivity contribution in [1.29, 1.82) is 0 Å². The van der Waals surface area contributed by atoms with E-state index < -0.39 is 17.8 Å². The Morgan fingerprint density at radius 1 is 1.04 bits per heavy atom. The maximum absolute atomic E-state index is 13.0. The molecule has 1 aromatic rings. The summed E-state index contributed by atoms with van der Waals surface area (Å²) in [5.74, 6) is -2.00. The molecule has 4 atom stereocenters. The normalized spacial score (nSPS) is 25.9. The van der Waals surface area contributed by atoms with E-state index in [1.165, 1.54) is 14.2 Å². The quantitative estimate of drug-likeness (QED) is 0.791. The number of fused-ring (bicyclic) bond motifs is 2. The summed E-state index contributed by atoms with van der Waals surface area (Å²) < 4.78 is 10.5. The molecule has 1 aromatic carbocycles. The van der Waals surface area contributed by atoms with Crippen molar-refractivity contribution in [3.05, 3.63) is 41.5 Å². The molecule has 2 N–H and O–H groups in total. The van der Waals surface area contributed by atoms with E-state index in [4.69, 9.17) is 9.47 Å². The van der Waals surface area contributed by atoms with Crippen molar-refractivity contribution >= 4 is 17.6 Å². The van der Waals surface area contributed by atoms with Crippen LogP contribution in [0, 0.1) is 23.7 Å². The highest BCUT2D eigenvalue weighted by Gasteiger charge is 2.55. The van der Waals surface area contributed by atoms with Crippen molar-refractivity contribution in [3.63, 3.8) is 0 Å². The minimum Gasteiger partial charge on any atom is -0.497 e. The lowest BCUT2D eigenvalue weighted by atomic mass is 9.82. The van der Waals surface area contributed by atoms with Gasteiger partial charge in [0.2, 0.25) is 5.91 Å². The number of anilines is 1. The number of benzene rings is 1. The predicted octanol–water partition coefficient (Wildman–Crippen LogP) is 3.11. The molecule has 6 heteroatoms. The first-order valence-electron chi connectivity index (χ1n) is 8.50. The Morgan fingerprint density at radius 2 is 1.69 bits per heavy atom. The monoisotopic (exact) mass is 357 g/mol. The highest BCUT2D eigenvalue weighted by molar-refractivity contribution is 5.98. The molecule has 0 saturated heterocycles. The summed E-state index contributed by atoms with van der Waals surface area (Å²) in [6.07, 6.45) is 3.88. The van der Waals surface area contributed by atoms with E-state index in [1.54, 1.807) is 18.2 Å². The number of hydrogen-bond donors (Lipinski definition) is 2. The summed E-state index contributed by atoms with van der Waals surface area (Å²) in [4.78, 5) is 24.9. The summed E-state index contributed by atoms with van der Waals surface area (Å²) >= 11 is 0. The van der Waals surface area contributed by atoms with Gasteiger partial charge in [-0.25, -0.2) is 0 Å². The zero-order valence-electron chi connectivity index (χ0n) is 15.3. The SMILES string of the molecule is COc1ccc(OC)c(NC(=O)C2C3C=CC(C3=C(C)C)C2C(=O)O)c1. The number of rotatable bonds is 5. The lowest BCUT2D eigenvalue weighted by Gasteiger charge is -2.23. The van der Waals surface area contributed by atoms with Crippen LogP contribution < -0.4 is 14.8 Å². The zero-order valence-corrected chi connectivity index (χ0v) is 15.3. The predicted molar refractivity (Wildman–Crippen MR) is 97.3 cm³/mol. The van der Waals surface area contributed by atoms with Crippen LogP contribution >= 0.6 is 0 Å². The van der Waals surface area contributed by atoms with Gasteiger partial charge < -0.3 is 19.9 Å². The second-order valence-corrected chi connectivity index (χ2v) is 6.84. The van der Waals surface area contributed by atoms with Crippen molar-refractivity contribution in [1.82, 2.24) is 0 Å². The molecule has 0 spiro atoms. The van der Waals surface area contributed by atoms with Gasteiger partial charge in [0.15, 0.2) is 0 Å². The largest absolute Gasteiger partial charge is 0.497 e. The van der Waals surface area contributed by atoms with E-state index in [1.807, 2.05) is 26.0 Å². The Labute approximate surface area is 152 Å². The van der Waals surface area contributed by atoms with Gasteiger partial charge >= 0.3 is 5.97 Å². The van der Waals surface area contributed by atoms with Gasteiger partial charge in [-0.2, -0.15) is 0 Å². The van der Waals surface area contributed by atoms with Crippen LogP contribution in [-0.4, -0.2) is 31.2 Å². The summed E-state index contributed by atoms with van der Waals surface area (Å²) in [6, 6.07) is 5.10. The minimum atomic E-state index is -0.946. The smallest absolute Gasteiger partial charge is 0.308 e. The number of ether oxygens (including phenoxy) is 2. The van der Waals surface area contributed by atoms with E-state index >= 15 is 0 Å². The fourth-order valence-electron chi connectivity index (χ4n) is 4.17. The highest BCUT2D eigenvalue weighted by atomic mass is 16.5.